The highest BCUT2D eigenvalue weighted by Crippen LogP contribution is 2.05. The maximum Gasteiger partial charge on any atom is 0.194 e. The van der Waals surface area contributed by atoms with Gasteiger partial charge in [-0.3, -0.25) is 9.89 Å². The number of guanidine groups is 1. The van der Waals surface area contributed by atoms with E-state index in [9.17, 15) is 0 Å². The van der Waals surface area contributed by atoms with Crippen molar-refractivity contribution in [3.63, 3.8) is 0 Å². The molecule has 1 saturated heterocycles. The number of methoxy groups -OCH3 is 1. The number of hydrogen-bond donors (Lipinski definition) is 1. The smallest absolute Gasteiger partial charge is 0.194 e. The molecule has 1 aromatic carbocycles. The van der Waals surface area contributed by atoms with Gasteiger partial charge in [-0.1, -0.05) is 42.5 Å². The first-order valence-electron chi connectivity index (χ1n) is 9.29. The molecular formula is C20H32N4O. The third-order valence-corrected chi connectivity index (χ3v) is 4.25. The lowest BCUT2D eigenvalue weighted by molar-refractivity contribution is 0.192. The molecule has 0 bridgehead atoms. The van der Waals surface area contributed by atoms with Gasteiger partial charge in [-0.2, -0.15) is 0 Å². The summed E-state index contributed by atoms with van der Waals surface area (Å²) in [6.45, 7) is 9.80. The molecule has 0 amide bonds. The summed E-state index contributed by atoms with van der Waals surface area (Å²) in [5.41, 5.74) is 1.26. The largest absolute Gasteiger partial charge is 0.385 e. The molecule has 5 heteroatoms. The van der Waals surface area contributed by atoms with E-state index >= 15 is 0 Å². The van der Waals surface area contributed by atoms with Crippen molar-refractivity contribution in [2.45, 2.75) is 13.3 Å². The van der Waals surface area contributed by atoms with Crippen LogP contribution in [0.3, 0.4) is 0 Å². The number of aliphatic imine (C=N–C) groups is 1. The highest BCUT2D eigenvalue weighted by molar-refractivity contribution is 5.80. The van der Waals surface area contributed by atoms with E-state index in [4.69, 9.17) is 9.73 Å². The van der Waals surface area contributed by atoms with E-state index in [1.165, 1.54) is 5.56 Å². The Morgan fingerprint density at radius 1 is 1.20 bits per heavy atom. The predicted octanol–water partition coefficient (Wildman–Crippen LogP) is 2.32. The zero-order valence-electron chi connectivity index (χ0n) is 15.7. The Hall–Kier alpha value is -1.85. The van der Waals surface area contributed by atoms with Crippen LogP contribution < -0.4 is 5.32 Å². The summed E-state index contributed by atoms with van der Waals surface area (Å²) >= 11 is 0. The van der Waals surface area contributed by atoms with Crippen LogP contribution in [0, 0.1) is 0 Å². The molecule has 1 aliphatic rings. The van der Waals surface area contributed by atoms with Crippen molar-refractivity contribution < 1.29 is 4.74 Å². The second-order valence-corrected chi connectivity index (χ2v) is 6.18. The van der Waals surface area contributed by atoms with Crippen molar-refractivity contribution in [2.75, 3.05) is 59.5 Å². The topological polar surface area (TPSA) is 40.1 Å². The minimum Gasteiger partial charge on any atom is -0.385 e. The molecule has 0 radical (unpaired) electrons. The third-order valence-electron chi connectivity index (χ3n) is 4.25. The molecule has 1 aliphatic heterocycles. The van der Waals surface area contributed by atoms with Gasteiger partial charge < -0.3 is 15.0 Å². The summed E-state index contributed by atoms with van der Waals surface area (Å²) in [5.74, 6) is 1.04. The monoisotopic (exact) mass is 344 g/mol. The van der Waals surface area contributed by atoms with Crippen LogP contribution in [-0.2, 0) is 4.74 Å². The van der Waals surface area contributed by atoms with Gasteiger partial charge in [0.05, 0.1) is 0 Å². The second-order valence-electron chi connectivity index (χ2n) is 6.18. The van der Waals surface area contributed by atoms with Crippen LogP contribution in [0.1, 0.15) is 18.9 Å². The molecular weight excluding hydrogens is 312 g/mol. The van der Waals surface area contributed by atoms with Crippen LogP contribution in [0.4, 0.5) is 0 Å². The van der Waals surface area contributed by atoms with E-state index in [0.29, 0.717) is 0 Å². The Morgan fingerprint density at radius 3 is 2.64 bits per heavy atom. The number of nitrogens with zero attached hydrogens (tertiary/aromatic N) is 3. The number of piperazine rings is 1. The number of nitrogens with one attached hydrogen (secondary N) is 1. The van der Waals surface area contributed by atoms with Gasteiger partial charge in [0.15, 0.2) is 5.96 Å². The Morgan fingerprint density at radius 2 is 1.96 bits per heavy atom. The summed E-state index contributed by atoms with van der Waals surface area (Å²) in [4.78, 5) is 9.58. The molecule has 1 aromatic rings. The standard InChI is InChI=1S/C20H32N4O/c1-3-21-20(22-12-8-18-25-2)24-16-14-23(15-17-24)13-7-11-19-9-5-4-6-10-19/h4-7,9-11H,3,8,12-18H2,1-2H3,(H,21,22)/b11-7+. The second kappa shape index (κ2) is 11.7. The van der Waals surface area contributed by atoms with E-state index in [1.807, 2.05) is 0 Å². The van der Waals surface area contributed by atoms with Crippen molar-refractivity contribution >= 4 is 12.0 Å². The van der Waals surface area contributed by atoms with Crippen molar-refractivity contribution in [1.82, 2.24) is 15.1 Å². The van der Waals surface area contributed by atoms with E-state index < -0.39 is 0 Å². The Bertz CT molecular complexity index is 522. The maximum absolute atomic E-state index is 5.10. The average molecular weight is 345 g/mol. The highest BCUT2D eigenvalue weighted by Gasteiger charge is 2.18. The molecule has 0 atom stereocenters. The van der Waals surface area contributed by atoms with Crippen LogP contribution >= 0.6 is 0 Å². The molecule has 5 nitrogen and oxygen atoms in total. The Balaban J connectivity index is 1.75. The van der Waals surface area contributed by atoms with E-state index in [2.05, 4.69) is 64.5 Å². The molecule has 0 saturated carbocycles. The average Bonchev–Trinajstić information content (AvgIpc) is 2.66. The molecule has 25 heavy (non-hydrogen) atoms. The van der Waals surface area contributed by atoms with Gasteiger partial charge in [-0.15, -0.1) is 0 Å². The Kier molecular flexibility index (Phi) is 9.08. The lowest BCUT2D eigenvalue weighted by Gasteiger charge is -2.36. The number of rotatable bonds is 8. The van der Waals surface area contributed by atoms with Crippen LogP contribution in [0.5, 0.6) is 0 Å². The van der Waals surface area contributed by atoms with Crippen molar-refractivity contribution in [3.8, 4) is 0 Å². The van der Waals surface area contributed by atoms with Crippen LogP contribution in [0.15, 0.2) is 41.4 Å². The van der Waals surface area contributed by atoms with Gasteiger partial charge in [0, 0.05) is 59.5 Å². The highest BCUT2D eigenvalue weighted by atomic mass is 16.5. The first-order valence-corrected chi connectivity index (χ1v) is 9.29. The van der Waals surface area contributed by atoms with E-state index in [1.54, 1.807) is 7.11 Å². The predicted molar refractivity (Wildman–Crippen MR) is 106 cm³/mol. The maximum atomic E-state index is 5.10. The summed E-state index contributed by atoms with van der Waals surface area (Å²) in [7, 11) is 1.74. The lowest BCUT2D eigenvalue weighted by Crippen LogP contribution is -2.52. The summed E-state index contributed by atoms with van der Waals surface area (Å²) in [6, 6.07) is 10.5. The van der Waals surface area contributed by atoms with Crippen molar-refractivity contribution in [2.24, 2.45) is 4.99 Å². The molecule has 0 spiro atoms. The van der Waals surface area contributed by atoms with Crippen molar-refractivity contribution in [3.05, 3.63) is 42.0 Å². The molecule has 0 unspecified atom stereocenters. The fourth-order valence-corrected chi connectivity index (χ4v) is 2.86. The van der Waals surface area contributed by atoms with Crippen LogP contribution in [0.2, 0.25) is 0 Å². The van der Waals surface area contributed by atoms with Gasteiger partial charge >= 0.3 is 0 Å². The molecule has 1 heterocycles. The molecule has 138 valence electrons. The summed E-state index contributed by atoms with van der Waals surface area (Å²) in [5, 5.41) is 3.41. The fourth-order valence-electron chi connectivity index (χ4n) is 2.86. The summed E-state index contributed by atoms with van der Waals surface area (Å²) in [6.07, 6.45) is 5.43. The minimum absolute atomic E-state index is 0.768. The minimum atomic E-state index is 0.768. The molecule has 0 aliphatic carbocycles. The van der Waals surface area contributed by atoms with E-state index in [0.717, 1.165) is 64.8 Å². The number of ether oxygens (including phenoxy) is 1. The molecule has 1 N–H and O–H groups in total. The van der Waals surface area contributed by atoms with Crippen molar-refractivity contribution in [1.29, 1.82) is 0 Å². The molecule has 0 aromatic heterocycles. The lowest BCUT2D eigenvalue weighted by atomic mass is 10.2. The van der Waals surface area contributed by atoms with Crippen LogP contribution in [0.25, 0.3) is 6.08 Å². The Labute approximate surface area is 152 Å². The summed E-state index contributed by atoms with van der Waals surface area (Å²) < 4.78 is 5.10. The van der Waals surface area contributed by atoms with Crippen LogP contribution in [-0.4, -0.2) is 75.3 Å². The molecule has 1 fully saturated rings. The first kappa shape index (κ1) is 19.5. The quantitative estimate of drug-likeness (QED) is 0.446. The fraction of sp³-hybridized carbons (Fsp3) is 0.550. The third kappa shape index (κ3) is 7.28. The van der Waals surface area contributed by atoms with Gasteiger partial charge in [0.2, 0.25) is 0 Å². The van der Waals surface area contributed by atoms with Gasteiger partial charge in [-0.05, 0) is 18.9 Å². The van der Waals surface area contributed by atoms with Gasteiger partial charge in [0.25, 0.3) is 0 Å². The number of benzene rings is 1. The number of hydrogen-bond acceptors (Lipinski definition) is 3. The SMILES string of the molecule is CCNC(=NCCCOC)N1CCN(C/C=C/c2ccccc2)CC1. The zero-order chi connectivity index (χ0) is 17.7. The molecule has 2 rings (SSSR count). The normalized spacial score (nSPS) is 16.6. The van der Waals surface area contributed by atoms with Gasteiger partial charge in [0.1, 0.15) is 0 Å². The first-order chi connectivity index (χ1) is 12.3. The zero-order valence-corrected chi connectivity index (χ0v) is 15.7. The van der Waals surface area contributed by atoms with Gasteiger partial charge in [-0.25, -0.2) is 0 Å². The van der Waals surface area contributed by atoms with E-state index in [-0.39, 0.29) is 0 Å².